The van der Waals surface area contributed by atoms with Crippen LogP contribution in [0.5, 0.6) is 34.5 Å². The molecule has 12 aromatic rings. The van der Waals surface area contributed by atoms with Gasteiger partial charge in [0.2, 0.25) is 52.2 Å². The monoisotopic (exact) mass is 1540 g/mol. The molecule has 0 aromatic heterocycles. The second-order valence-corrected chi connectivity index (χ2v) is 24.4. The van der Waals surface area contributed by atoms with Crippen molar-refractivity contribution in [2.24, 2.45) is 0 Å². The third-order valence-corrected chi connectivity index (χ3v) is 17.8. The number of hydrogen-bond acceptors (Lipinski definition) is 4. The Balaban J connectivity index is 0.747. The fourth-order valence-electron chi connectivity index (χ4n) is 10.7. The van der Waals surface area contributed by atoms with Gasteiger partial charge < -0.3 is 14.2 Å². The summed E-state index contributed by atoms with van der Waals surface area (Å²) in [6, 6.07) is 45.1. The second kappa shape index (κ2) is 27.1. The van der Waals surface area contributed by atoms with E-state index in [-0.39, 0.29) is 17.1 Å². The Hall–Kier alpha value is -9.97. The number of halogens is 19. The second-order valence-electron chi connectivity index (χ2n) is 21.8. The number of hydrogen-bond donors (Lipinski definition) is 0. The van der Waals surface area contributed by atoms with Crippen molar-refractivity contribution in [1.82, 2.24) is 0 Å². The van der Waals surface area contributed by atoms with Crippen LogP contribution in [0.4, 0.5) is 70.2 Å². The summed E-state index contributed by atoms with van der Waals surface area (Å²) in [4.78, 5) is 13.9. The average molecular weight is 1540 g/mol. The lowest BCUT2D eigenvalue weighted by atomic mass is 9.90. The quantitative estimate of drug-likeness (QED) is 0.0583. The van der Waals surface area contributed by atoms with Crippen LogP contribution in [0.3, 0.4) is 0 Å². The molecule has 23 heteroatoms. The van der Waals surface area contributed by atoms with Crippen LogP contribution in [0.15, 0.2) is 189 Å². The maximum absolute atomic E-state index is 15.9. The Morgan fingerprint density at radius 3 is 0.990 bits per heavy atom. The molecule has 492 valence electrons. The number of ketones is 1. The van der Waals surface area contributed by atoms with Gasteiger partial charge in [-0.05, 0) is 136 Å². The fourth-order valence-corrected chi connectivity index (χ4v) is 12.4. The molecule has 0 aliphatic rings. The molecule has 12 rings (SSSR count). The third-order valence-electron chi connectivity index (χ3n) is 15.8. The maximum atomic E-state index is 15.9. The summed E-state index contributed by atoms with van der Waals surface area (Å²) in [5.41, 5.74) is -2.41. The topological polar surface area (TPSA) is 44.8 Å². The van der Waals surface area contributed by atoms with Gasteiger partial charge in [-0.1, -0.05) is 163 Å². The number of carbonyl (C=O) groups excluding carboxylic acids is 1. The molecule has 4 nitrogen and oxygen atoms in total. The number of ether oxygens (including phenoxy) is 3. The molecule has 98 heavy (non-hydrogen) atoms. The van der Waals surface area contributed by atoms with Crippen molar-refractivity contribution in [3.05, 3.63) is 305 Å². The maximum Gasteiger partial charge on any atom is 0.205 e. The fraction of sp³-hybridized carbons (Fsp3) is 0.0267. The molecular weight excluding hydrogens is 1510 g/mol. The number of carbonyl (C=O) groups is 1. The van der Waals surface area contributed by atoms with Crippen molar-refractivity contribution in [3.63, 3.8) is 0 Å². The highest BCUT2D eigenvalue weighted by molar-refractivity contribution is 9.11. The third kappa shape index (κ3) is 12.4. The van der Waals surface area contributed by atoms with E-state index in [0.29, 0.717) is 70.4 Å². The normalized spacial score (nSPS) is 11.4. The molecule has 0 heterocycles. The minimum Gasteiger partial charge on any atom is -0.451 e. The Morgan fingerprint density at radius 2 is 0.602 bits per heavy atom. The van der Waals surface area contributed by atoms with Gasteiger partial charge in [0.15, 0.2) is 64.0 Å². The van der Waals surface area contributed by atoms with Gasteiger partial charge in [0.1, 0.15) is 17.2 Å². The van der Waals surface area contributed by atoms with E-state index in [9.17, 15) is 22.4 Å². The Labute approximate surface area is 570 Å². The van der Waals surface area contributed by atoms with E-state index < -0.39 is 150 Å². The minimum atomic E-state index is -2.49. The SMILES string of the molecule is Cc1ccc(-c2ccc(-c3ccc(Oc4c(F)c(F)c(-c5c(F)c(F)c(Oc6ccc(-c7cc(Br)c(-c8ccc(Br)c(-c9ccc(Oc%10c(F)c(F)c(-c%11c(F)c(F)c(C)c(F)c%11F)c(F)c%10F)cc9)c8)cc7Br)cc6)c(F)c5F)c(F)c4F)cc3)c(C(=O)c3ccccc3)c2)cc1. The first-order valence-corrected chi connectivity index (χ1v) is 31.0. The largest absolute Gasteiger partial charge is 0.451 e. The highest BCUT2D eigenvalue weighted by atomic mass is 79.9. The van der Waals surface area contributed by atoms with Gasteiger partial charge in [-0.3, -0.25) is 4.79 Å². The van der Waals surface area contributed by atoms with Crippen LogP contribution in [0.2, 0.25) is 0 Å². The Kier molecular flexibility index (Phi) is 18.8. The van der Waals surface area contributed by atoms with Gasteiger partial charge in [-0.2, -0.15) is 26.3 Å². The zero-order valence-electron chi connectivity index (χ0n) is 49.6. The minimum absolute atomic E-state index is 0.288. The van der Waals surface area contributed by atoms with Crippen molar-refractivity contribution in [2.45, 2.75) is 13.8 Å². The molecule has 0 aliphatic carbocycles. The van der Waals surface area contributed by atoms with Crippen LogP contribution < -0.4 is 14.2 Å². The smallest absolute Gasteiger partial charge is 0.205 e. The molecule has 0 N–H and O–H groups in total. The van der Waals surface area contributed by atoms with E-state index in [1.807, 2.05) is 31.2 Å². The molecule has 0 atom stereocenters. The van der Waals surface area contributed by atoms with Crippen molar-refractivity contribution < 1.29 is 89.3 Å². The summed E-state index contributed by atoms with van der Waals surface area (Å²) < 4.78 is 263. The predicted octanol–water partition coefficient (Wildman–Crippen LogP) is 25.1. The molecule has 0 radical (unpaired) electrons. The molecule has 0 spiro atoms. The van der Waals surface area contributed by atoms with E-state index in [2.05, 4.69) is 47.8 Å². The zero-order valence-corrected chi connectivity index (χ0v) is 54.3. The number of benzene rings is 12. The van der Waals surface area contributed by atoms with Crippen LogP contribution in [-0.2, 0) is 0 Å². The Morgan fingerprint density at radius 1 is 0.286 bits per heavy atom. The summed E-state index contributed by atoms with van der Waals surface area (Å²) in [5, 5.41) is 0. The summed E-state index contributed by atoms with van der Waals surface area (Å²) in [5.74, 6) is -44.0. The van der Waals surface area contributed by atoms with Crippen LogP contribution in [0, 0.1) is 107 Å². The number of aryl methyl sites for hydroxylation is 1. The predicted molar refractivity (Wildman–Crippen MR) is 346 cm³/mol. The number of rotatable bonds is 15. The van der Waals surface area contributed by atoms with E-state index in [4.69, 9.17) is 14.2 Å². The molecular formula is C75H35Br3F16O4. The lowest BCUT2D eigenvalue weighted by molar-refractivity contribution is 0.103. The van der Waals surface area contributed by atoms with Gasteiger partial charge in [-0.15, -0.1) is 0 Å². The van der Waals surface area contributed by atoms with Crippen LogP contribution in [-0.4, -0.2) is 5.78 Å². The molecule has 0 bridgehead atoms. The highest BCUT2D eigenvalue weighted by Gasteiger charge is 2.38. The summed E-state index contributed by atoms with van der Waals surface area (Å²) >= 11 is 10.6. The zero-order chi connectivity index (χ0) is 70.0. The van der Waals surface area contributed by atoms with Gasteiger partial charge >= 0.3 is 0 Å². The molecule has 0 saturated carbocycles. The van der Waals surface area contributed by atoms with Crippen LogP contribution in [0.25, 0.3) is 77.9 Å². The van der Waals surface area contributed by atoms with Crippen molar-refractivity contribution >= 4 is 53.6 Å². The lowest BCUT2D eigenvalue weighted by Gasteiger charge is -2.17. The molecule has 0 amide bonds. The van der Waals surface area contributed by atoms with E-state index in [0.717, 1.165) is 41.0 Å². The van der Waals surface area contributed by atoms with Crippen LogP contribution >= 0.6 is 47.8 Å². The van der Waals surface area contributed by atoms with Crippen molar-refractivity contribution in [1.29, 1.82) is 0 Å². The lowest BCUT2D eigenvalue weighted by Crippen LogP contribution is -2.09. The van der Waals surface area contributed by atoms with Crippen molar-refractivity contribution in [3.8, 4) is 112 Å². The standard InChI is InChI=1S/C75H35Br3F16O4/c1-32-8-10-34(11-9-32)39-18-26-44(48(28-39)72(95)38-6-4-3-5-7-38)35-12-20-41(21-13-35)96-74-68(91)62(85)54(63(86)69(74)92)55-64(87)70(93)75(71(94)65(55)88)98-43-24-16-37(17-25-43)46-30-51(78)47(31-50(46)77)40-19-27-49(76)45(29-40)36-14-22-42(23-15-36)97-73-66(89)60(83)53(61(84)67(73)90)52-58(81)56(79)33(2)57(80)59(52)82/h3-31H,1-2H3. The van der Waals surface area contributed by atoms with E-state index in [1.54, 1.807) is 78.9 Å². The summed E-state index contributed by atoms with van der Waals surface area (Å²) in [7, 11) is 0. The molecule has 0 fully saturated rings. The highest BCUT2D eigenvalue weighted by Crippen LogP contribution is 2.47. The van der Waals surface area contributed by atoms with E-state index in [1.165, 1.54) is 48.5 Å². The first-order valence-electron chi connectivity index (χ1n) is 28.6. The van der Waals surface area contributed by atoms with E-state index >= 15 is 52.7 Å². The van der Waals surface area contributed by atoms with Gasteiger partial charge in [0.25, 0.3) is 0 Å². The molecule has 0 unspecified atom stereocenters. The van der Waals surface area contributed by atoms with Gasteiger partial charge in [0.05, 0.1) is 22.3 Å². The average Bonchev–Trinajstić information content (AvgIpc) is 0.727. The first kappa shape index (κ1) is 68.0. The van der Waals surface area contributed by atoms with Crippen molar-refractivity contribution in [2.75, 3.05) is 0 Å². The molecule has 12 aromatic carbocycles. The molecule has 0 saturated heterocycles. The molecule has 0 aliphatic heterocycles. The Bertz CT molecular complexity index is 5140. The summed E-state index contributed by atoms with van der Waals surface area (Å²) in [6.07, 6.45) is 0. The summed E-state index contributed by atoms with van der Waals surface area (Å²) in [6.45, 7) is 2.55. The van der Waals surface area contributed by atoms with Gasteiger partial charge in [-0.25, -0.2) is 43.9 Å². The van der Waals surface area contributed by atoms with Gasteiger partial charge in [0, 0.05) is 30.1 Å². The first-order chi connectivity index (χ1) is 46.7. The van der Waals surface area contributed by atoms with Crippen LogP contribution in [0.1, 0.15) is 27.0 Å².